The maximum atomic E-state index is 11.7. The van der Waals surface area contributed by atoms with Gasteiger partial charge in [0, 0.05) is 13.1 Å². The highest BCUT2D eigenvalue weighted by molar-refractivity contribution is 7.87. The zero-order valence-corrected chi connectivity index (χ0v) is 11.4. The summed E-state index contributed by atoms with van der Waals surface area (Å²) in [6.45, 7) is 4.53. The second-order valence-corrected chi connectivity index (χ2v) is 5.37. The van der Waals surface area contributed by atoms with Crippen LogP contribution >= 0.6 is 0 Å². The van der Waals surface area contributed by atoms with E-state index in [9.17, 15) is 18.0 Å². The number of hydrogen-bond donors (Lipinski definition) is 2. The van der Waals surface area contributed by atoms with Gasteiger partial charge in [0.25, 0.3) is 0 Å². The van der Waals surface area contributed by atoms with Crippen molar-refractivity contribution in [2.24, 2.45) is 0 Å². The third-order valence-electron chi connectivity index (χ3n) is 1.82. The quantitative estimate of drug-likeness (QED) is 0.687. The number of nitrogens with one attached hydrogen (secondary N) is 1. The van der Waals surface area contributed by atoms with Gasteiger partial charge < -0.3 is 9.84 Å². The predicted molar refractivity (Wildman–Crippen MR) is 63.2 cm³/mol. The van der Waals surface area contributed by atoms with Crippen LogP contribution in [0.5, 0.6) is 0 Å². The van der Waals surface area contributed by atoms with Gasteiger partial charge in [-0.3, -0.25) is 4.79 Å². The van der Waals surface area contributed by atoms with E-state index in [-0.39, 0.29) is 19.5 Å². The second kappa shape index (κ2) is 7.17. The molecule has 0 spiro atoms. The SMILES string of the molecule is CCN(CCC(=O)O)S(=O)(=O)NC(=O)OC(C)C. The molecule has 0 aliphatic rings. The summed E-state index contributed by atoms with van der Waals surface area (Å²) in [5, 5.41) is 8.49. The Balaban J connectivity index is 4.57. The highest BCUT2D eigenvalue weighted by Crippen LogP contribution is 2.01. The van der Waals surface area contributed by atoms with E-state index in [4.69, 9.17) is 5.11 Å². The molecule has 0 fully saturated rings. The van der Waals surface area contributed by atoms with Gasteiger partial charge >= 0.3 is 22.3 Å². The molecule has 0 aromatic heterocycles. The zero-order valence-electron chi connectivity index (χ0n) is 10.5. The van der Waals surface area contributed by atoms with E-state index in [0.717, 1.165) is 4.31 Å². The Morgan fingerprint density at radius 1 is 1.39 bits per heavy atom. The topological polar surface area (TPSA) is 113 Å². The van der Waals surface area contributed by atoms with E-state index in [1.54, 1.807) is 18.6 Å². The molecular weight excluding hydrogens is 264 g/mol. The summed E-state index contributed by atoms with van der Waals surface area (Å²) >= 11 is 0. The van der Waals surface area contributed by atoms with Crippen molar-refractivity contribution in [2.75, 3.05) is 13.1 Å². The number of rotatable bonds is 7. The molecule has 0 aromatic rings. The summed E-state index contributed by atoms with van der Waals surface area (Å²) in [6.07, 6.45) is -1.87. The maximum Gasteiger partial charge on any atom is 0.422 e. The molecule has 0 unspecified atom stereocenters. The Kier molecular flexibility index (Phi) is 6.63. The van der Waals surface area contributed by atoms with Gasteiger partial charge in [-0.25, -0.2) is 9.52 Å². The van der Waals surface area contributed by atoms with Crippen molar-refractivity contribution < 1.29 is 27.9 Å². The number of nitrogens with zero attached hydrogens (tertiary/aromatic N) is 1. The Morgan fingerprint density at radius 3 is 2.33 bits per heavy atom. The zero-order chi connectivity index (χ0) is 14.3. The van der Waals surface area contributed by atoms with Crippen molar-refractivity contribution >= 4 is 22.3 Å². The van der Waals surface area contributed by atoms with Gasteiger partial charge in [-0.15, -0.1) is 0 Å². The van der Waals surface area contributed by atoms with Crippen LogP contribution in [0, 0.1) is 0 Å². The maximum absolute atomic E-state index is 11.7. The second-order valence-electron chi connectivity index (χ2n) is 3.70. The smallest absolute Gasteiger partial charge is 0.422 e. The van der Waals surface area contributed by atoms with Crippen LogP contribution in [0.15, 0.2) is 0 Å². The molecule has 0 radical (unpaired) electrons. The number of ether oxygens (including phenoxy) is 1. The van der Waals surface area contributed by atoms with Gasteiger partial charge in [-0.1, -0.05) is 6.92 Å². The molecule has 0 aromatic carbocycles. The van der Waals surface area contributed by atoms with Crippen LogP contribution in [-0.4, -0.2) is 49.1 Å². The van der Waals surface area contributed by atoms with Gasteiger partial charge in [-0.05, 0) is 13.8 Å². The van der Waals surface area contributed by atoms with Crippen molar-refractivity contribution in [3.8, 4) is 0 Å². The lowest BCUT2D eigenvalue weighted by Gasteiger charge is -2.20. The fraction of sp³-hybridized carbons (Fsp3) is 0.778. The first-order valence-corrected chi connectivity index (χ1v) is 6.83. The fourth-order valence-electron chi connectivity index (χ4n) is 1.08. The van der Waals surface area contributed by atoms with Gasteiger partial charge in [0.05, 0.1) is 12.5 Å². The predicted octanol–water partition coefficient (Wildman–Crippen LogP) is 0.162. The van der Waals surface area contributed by atoms with E-state index < -0.39 is 28.4 Å². The normalized spacial score (nSPS) is 11.6. The van der Waals surface area contributed by atoms with Crippen molar-refractivity contribution in [3.63, 3.8) is 0 Å². The van der Waals surface area contributed by atoms with E-state index in [1.807, 2.05) is 0 Å². The lowest BCUT2D eigenvalue weighted by Crippen LogP contribution is -2.44. The Morgan fingerprint density at radius 2 is 1.94 bits per heavy atom. The highest BCUT2D eigenvalue weighted by Gasteiger charge is 2.24. The summed E-state index contributed by atoms with van der Waals surface area (Å²) in [7, 11) is -4.07. The molecule has 0 saturated carbocycles. The standard InChI is InChI=1S/C9H18N2O6S/c1-4-11(6-5-8(12)13)18(15,16)10-9(14)17-7(2)3/h7H,4-6H2,1-3H3,(H,10,14)(H,12,13). The molecule has 2 N–H and O–H groups in total. The van der Waals surface area contributed by atoms with Crippen LogP contribution < -0.4 is 4.72 Å². The first-order valence-electron chi connectivity index (χ1n) is 5.39. The number of aliphatic carboxylic acids is 1. The number of amides is 1. The van der Waals surface area contributed by atoms with Gasteiger partial charge in [-0.2, -0.15) is 12.7 Å². The summed E-state index contributed by atoms with van der Waals surface area (Å²) in [5.41, 5.74) is 0. The molecule has 0 bridgehead atoms. The van der Waals surface area contributed by atoms with Crippen LogP contribution in [0.3, 0.4) is 0 Å². The number of carboxylic acid groups (broad SMARTS) is 1. The molecule has 1 amide bonds. The molecular formula is C9H18N2O6S. The molecule has 8 nitrogen and oxygen atoms in total. The Labute approximate surface area is 106 Å². The fourth-order valence-corrected chi connectivity index (χ4v) is 2.14. The van der Waals surface area contributed by atoms with Crippen LogP contribution in [0.25, 0.3) is 0 Å². The Bertz CT molecular complexity index is 392. The first kappa shape index (κ1) is 16.6. The van der Waals surface area contributed by atoms with E-state index in [1.165, 1.54) is 6.92 Å². The molecule has 18 heavy (non-hydrogen) atoms. The van der Waals surface area contributed by atoms with Crippen molar-refractivity contribution in [2.45, 2.75) is 33.3 Å². The minimum atomic E-state index is -4.07. The van der Waals surface area contributed by atoms with Crippen LogP contribution in [0.4, 0.5) is 4.79 Å². The molecule has 0 aliphatic heterocycles. The number of carbonyl (C=O) groups excluding carboxylic acids is 1. The molecule has 0 rings (SSSR count). The van der Waals surface area contributed by atoms with E-state index in [2.05, 4.69) is 4.74 Å². The number of carbonyl (C=O) groups is 2. The highest BCUT2D eigenvalue weighted by atomic mass is 32.2. The lowest BCUT2D eigenvalue weighted by atomic mass is 10.4. The number of carboxylic acids is 1. The summed E-state index contributed by atoms with van der Waals surface area (Å²) in [6, 6.07) is 0. The van der Waals surface area contributed by atoms with Gasteiger partial charge in [0.1, 0.15) is 0 Å². The van der Waals surface area contributed by atoms with Crippen molar-refractivity contribution in [1.29, 1.82) is 0 Å². The van der Waals surface area contributed by atoms with E-state index >= 15 is 0 Å². The average Bonchev–Trinajstić information content (AvgIpc) is 2.14. The van der Waals surface area contributed by atoms with Gasteiger partial charge in [0.15, 0.2) is 0 Å². The molecule has 9 heteroatoms. The largest absolute Gasteiger partial charge is 0.481 e. The third kappa shape index (κ3) is 6.40. The molecule has 0 heterocycles. The molecule has 0 saturated heterocycles. The first-order chi connectivity index (χ1) is 8.19. The van der Waals surface area contributed by atoms with Crippen LogP contribution in [0.1, 0.15) is 27.2 Å². The summed E-state index contributed by atoms with van der Waals surface area (Å²) in [5.74, 6) is -1.12. The summed E-state index contributed by atoms with van der Waals surface area (Å²) in [4.78, 5) is 21.6. The monoisotopic (exact) mass is 282 g/mol. The Hall–Kier alpha value is -1.35. The van der Waals surface area contributed by atoms with Crippen molar-refractivity contribution in [1.82, 2.24) is 9.03 Å². The average molecular weight is 282 g/mol. The molecule has 106 valence electrons. The molecule has 0 aliphatic carbocycles. The summed E-state index contributed by atoms with van der Waals surface area (Å²) < 4.78 is 30.6. The molecule has 0 atom stereocenters. The van der Waals surface area contributed by atoms with Gasteiger partial charge in [0.2, 0.25) is 0 Å². The third-order valence-corrected chi connectivity index (χ3v) is 3.37. The number of hydrogen-bond acceptors (Lipinski definition) is 5. The van der Waals surface area contributed by atoms with E-state index in [0.29, 0.717) is 0 Å². The van der Waals surface area contributed by atoms with Crippen LogP contribution in [-0.2, 0) is 19.7 Å². The lowest BCUT2D eigenvalue weighted by molar-refractivity contribution is -0.137. The minimum absolute atomic E-state index is 0.0531. The minimum Gasteiger partial charge on any atom is -0.481 e. The van der Waals surface area contributed by atoms with Crippen LogP contribution in [0.2, 0.25) is 0 Å². The van der Waals surface area contributed by atoms with Crippen molar-refractivity contribution in [3.05, 3.63) is 0 Å².